The number of benzene rings is 1. The van der Waals surface area contributed by atoms with Gasteiger partial charge in [0.05, 0.1) is 30.3 Å². The van der Waals surface area contributed by atoms with Gasteiger partial charge in [0.1, 0.15) is 30.0 Å². The van der Waals surface area contributed by atoms with E-state index in [1.165, 1.54) is 37.0 Å². The summed E-state index contributed by atoms with van der Waals surface area (Å²) in [7, 11) is 1.44. The fourth-order valence-electron chi connectivity index (χ4n) is 5.74. The highest BCUT2D eigenvalue weighted by molar-refractivity contribution is 5.59. The molecular weight excluding hydrogens is 552 g/mol. The fourth-order valence-corrected chi connectivity index (χ4v) is 5.74. The van der Waals surface area contributed by atoms with E-state index in [-0.39, 0.29) is 34.9 Å². The molecule has 1 aromatic carbocycles. The lowest BCUT2D eigenvalue weighted by Crippen LogP contribution is -2.57. The SMILES string of the molecule is CO[C@@H]1[C@@H](n2cc(-c3ccc(C)c(F)c3F)nn2)[C@@H](O)[C@@H](CO)O[C@@H]1Cc1cc(C(O)(c2ccccn2)C2CC2)on1. The predicted octanol–water partition coefficient (Wildman–Crippen LogP) is 2.48. The molecule has 13 heteroatoms. The Balaban J connectivity index is 1.29. The van der Waals surface area contributed by atoms with Gasteiger partial charge in [-0.15, -0.1) is 5.10 Å². The highest BCUT2D eigenvalue weighted by Gasteiger charge is 2.51. The minimum atomic E-state index is -1.44. The lowest BCUT2D eigenvalue weighted by molar-refractivity contribution is -0.212. The van der Waals surface area contributed by atoms with Crippen LogP contribution in [0, 0.1) is 24.5 Å². The smallest absolute Gasteiger partial charge is 0.174 e. The Morgan fingerprint density at radius 2 is 1.95 bits per heavy atom. The first-order valence-corrected chi connectivity index (χ1v) is 13.7. The molecule has 222 valence electrons. The van der Waals surface area contributed by atoms with Crippen LogP contribution in [0.5, 0.6) is 0 Å². The van der Waals surface area contributed by atoms with Crippen molar-refractivity contribution in [2.24, 2.45) is 5.92 Å². The summed E-state index contributed by atoms with van der Waals surface area (Å²) in [4.78, 5) is 4.35. The van der Waals surface area contributed by atoms with E-state index in [1.807, 2.05) is 0 Å². The van der Waals surface area contributed by atoms with Gasteiger partial charge in [0.25, 0.3) is 0 Å². The molecule has 2 aliphatic rings. The molecule has 4 aromatic rings. The van der Waals surface area contributed by atoms with Crippen molar-refractivity contribution in [3.63, 3.8) is 0 Å². The van der Waals surface area contributed by atoms with Crippen molar-refractivity contribution in [3.05, 3.63) is 83.1 Å². The zero-order chi connectivity index (χ0) is 29.6. The summed E-state index contributed by atoms with van der Waals surface area (Å²) in [6, 6.07) is 8.90. The molecule has 42 heavy (non-hydrogen) atoms. The molecule has 3 N–H and O–H groups in total. The van der Waals surface area contributed by atoms with Gasteiger partial charge in [0, 0.05) is 37.3 Å². The Hall–Kier alpha value is -3.62. The van der Waals surface area contributed by atoms with E-state index < -0.39 is 54.3 Å². The maximum absolute atomic E-state index is 14.7. The van der Waals surface area contributed by atoms with Crippen molar-refractivity contribution in [1.29, 1.82) is 0 Å². The van der Waals surface area contributed by atoms with Gasteiger partial charge in [-0.25, -0.2) is 13.5 Å². The highest BCUT2D eigenvalue weighted by Crippen LogP contribution is 2.49. The summed E-state index contributed by atoms with van der Waals surface area (Å²) in [6.45, 7) is 0.952. The van der Waals surface area contributed by atoms with Crippen LogP contribution in [0.15, 0.2) is 53.3 Å². The van der Waals surface area contributed by atoms with Crippen LogP contribution in [0.2, 0.25) is 0 Å². The predicted molar refractivity (Wildman–Crippen MR) is 142 cm³/mol. The van der Waals surface area contributed by atoms with E-state index in [1.54, 1.807) is 30.5 Å². The van der Waals surface area contributed by atoms with Gasteiger partial charge in [-0.2, -0.15) is 0 Å². The topological polar surface area (TPSA) is 149 Å². The van der Waals surface area contributed by atoms with Gasteiger partial charge in [0.2, 0.25) is 0 Å². The number of methoxy groups -OCH3 is 1. The monoisotopic (exact) mass is 583 g/mol. The molecule has 0 bridgehead atoms. The Morgan fingerprint density at radius 3 is 2.64 bits per heavy atom. The van der Waals surface area contributed by atoms with E-state index in [9.17, 15) is 24.1 Å². The Bertz CT molecular complexity index is 1550. The first-order chi connectivity index (χ1) is 20.3. The van der Waals surface area contributed by atoms with E-state index in [4.69, 9.17) is 14.0 Å². The fraction of sp³-hybridized carbons (Fsp3) is 0.448. The maximum atomic E-state index is 14.7. The third-order valence-corrected chi connectivity index (χ3v) is 8.17. The molecule has 1 saturated carbocycles. The lowest BCUT2D eigenvalue weighted by atomic mass is 9.88. The molecular formula is C29H31F2N5O6. The number of aryl methyl sites for hydroxylation is 1. The molecule has 6 atom stereocenters. The number of aliphatic hydroxyl groups is 3. The largest absolute Gasteiger partial charge is 0.394 e. The molecule has 0 spiro atoms. The third-order valence-electron chi connectivity index (χ3n) is 8.17. The summed E-state index contributed by atoms with van der Waals surface area (Å²) in [5.41, 5.74) is -0.379. The molecule has 1 saturated heterocycles. The number of halogens is 2. The van der Waals surface area contributed by atoms with Crippen LogP contribution >= 0.6 is 0 Å². The molecule has 1 aliphatic carbocycles. The van der Waals surface area contributed by atoms with Gasteiger partial charge >= 0.3 is 0 Å². The average molecular weight is 584 g/mol. The van der Waals surface area contributed by atoms with Crippen LogP contribution in [-0.2, 0) is 21.5 Å². The number of rotatable bonds is 9. The van der Waals surface area contributed by atoms with Crippen molar-refractivity contribution in [3.8, 4) is 11.3 Å². The van der Waals surface area contributed by atoms with Gasteiger partial charge in [-0.05, 0) is 43.5 Å². The molecule has 3 aromatic heterocycles. The van der Waals surface area contributed by atoms with E-state index in [0.717, 1.165) is 12.8 Å². The molecule has 6 rings (SSSR count). The van der Waals surface area contributed by atoms with Gasteiger partial charge in [0.15, 0.2) is 23.0 Å². The Labute approximate surface area is 239 Å². The van der Waals surface area contributed by atoms with Gasteiger partial charge in [-0.3, -0.25) is 4.98 Å². The van der Waals surface area contributed by atoms with Crippen LogP contribution in [0.4, 0.5) is 8.78 Å². The molecule has 4 heterocycles. The third kappa shape index (κ3) is 4.90. The summed E-state index contributed by atoms with van der Waals surface area (Å²) in [5, 5.41) is 45.1. The average Bonchev–Trinajstić information content (AvgIpc) is 3.58. The lowest BCUT2D eigenvalue weighted by Gasteiger charge is -2.43. The Morgan fingerprint density at radius 1 is 1.14 bits per heavy atom. The van der Waals surface area contributed by atoms with Crippen LogP contribution in [0.1, 0.15) is 41.6 Å². The normalized spacial score (nSPS) is 25.8. The summed E-state index contributed by atoms with van der Waals surface area (Å²) >= 11 is 0. The van der Waals surface area contributed by atoms with Crippen molar-refractivity contribution < 1.29 is 38.1 Å². The molecule has 0 amide bonds. The molecule has 1 unspecified atom stereocenters. The number of aliphatic hydroxyl groups excluding tert-OH is 2. The van der Waals surface area contributed by atoms with Crippen LogP contribution in [-0.4, -0.2) is 78.6 Å². The minimum Gasteiger partial charge on any atom is -0.394 e. The van der Waals surface area contributed by atoms with Crippen LogP contribution < -0.4 is 0 Å². The second-order valence-electron chi connectivity index (χ2n) is 10.9. The first-order valence-electron chi connectivity index (χ1n) is 13.7. The zero-order valence-electron chi connectivity index (χ0n) is 23.0. The molecule has 11 nitrogen and oxygen atoms in total. The van der Waals surface area contributed by atoms with Crippen LogP contribution in [0.3, 0.4) is 0 Å². The summed E-state index contributed by atoms with van der Waals surface area (Å²) in [6.07, 6.45) is 0.912. The highest BCUT2D eigenvalue weighted by atomic mass is 19.2. The number of hydrogen-bond donors (Lipinski definition) is 3. The standard InChI is InChI=1S/C29H31F2N5O6/c1-15-6-9-18(25(31)24(15)30)19-13-36(35-33-19)26-27(38)21(14-37)41-20(28(26)40-2)11-17-12-23(42-34-17)29(39,16-7-8-16)22-5-3-4-10-32-22/h3-6,9-10,12-13,16,20-21,26-28,37-39H,7-8,11,14H2,1-2H3/t20-,21-,26+,27+,28+,29?/m1/s1. The summed E-state index contributed by atoms with van der Waals surface area (Å²) < 4.78 is 47.6. The second kappa shape index (κ2) is 11.2. The van der Waals surface area contributed by atoms with E-state index in [2.05, 4.69) is 20.5 Å². The second-order valence-corrected chi connectivity index (χ2v) is 10.9. The summed E-state index contributed by atoms with van der Waals surface area (Å²) in [5.74, 6) is -1.83. The number of ether oxygens (including phenoxy) is 2. The first kappa shape index (κ1) is 28.5. The van der Waals surface area contributed by atoms with Crippen molar-refractivity contribution in [1.82, 2.24) is 25.1 Å². The zero-order valence-corrected chi connectivity index (χ0v) is 23.0. The van der Waals surface area contributed by atoms with E-state index >= 15 is 0 Å². The molecule has 1 aliphatic heterocycles. The van der Waals surface area contributed by atoms with Crippen LogP contribution in [0.25, 0.3) is 11.3 Å². The molecule has 2 fully saturated rings. The van der Waals surface area contributed by atoms with Crippen molar-refractivity contribution >= 4 is 0 Å². The van der Waals surface area contributed by atoms with Gasteiger partial charge < -0.3 is 29.3 Å². The maximum Gasteiger partial charge on any atom is 0.174 e. The minimum absolute atomic E-state index is 0.0579. The van der Waals surface area contributed by atoms with Gasteiger partial charge in [-0.1, -0.05) is 22.5 Å². The van der Waals surface area contributed by atoms with E-state index in [0.29, 0.717) is 11.4 Å². The number of hydrogen-bond acceptors (Lipinski definition) is 10. The quantitative estimate of drug-likeness (QED) is 0.268. The number of nitrogens with zero attached hydrogens (tertiary/aromatic N) is 5. The Kier molecular flexibility index (Phi) is 7.62. The van der Waals surface area contributed by atoms with Crippen molar-refractivity contribution in [2.45, 2.75) is 62.2 Å². The number of aromatic nitrogens is 5. The number of pyridine rings is 1. The van der Waals surface area contributed by atoms with Crippen molar-refractivity contribution in [2.75, 3.05) is 13.7 Å². The molecule has 0 radical (unpaired) electrons.